The largest absolute Gasteiger partial charge is 0.490 e. The highest BCUT2D eigenvalue weighted by molar-refractivity contribution is 6.20. The number of alkyl halides is 1. The quantitative estimate of drug-likeness (QED) is 0.716. The van der Waals surface area contributed by atoms with Gasteiger partial charge in [-0.3, -0.25) is 0 Å². The molecule has 98 valence electrons. The molecule has 0 saturated heterocycles. The summed E-state index contributed by atoms with van der Waals surface area (Å²) in [4.78, 5) is 0. The lowest BCUT2D eigenvalue weighted by molar-refractivity contribution is 0.176. The number of hydrogen-bond acceptors (Lipinski definition) is 1. The van der Waals surface area contributed by atoms with Crippen LogP contribution in [-0.2, 0) is 6.42 Å². The highest BCUT2D eigenvalue weighted by Crippen LogP contribution is 2.36. The zero-order valence-corrected chi connectivity index (χ0v) is 11.7. The molecule has 0 spiro atoms. The Hall–Kier alpha value is -0.690. The molecular weight excluding hydrogens is 244 g/mol. The van der Waals surface area contributed by atoms with E-state index in [1.807, 2.05) is 0 Å². The first-order chi connectivity index (χ1) is 8.70. The first-order valence-electron chi connectivity index (χ1n) is 7.11. The van der Waals surface area contributed by atoms with Crippen molar-refractivity contribution in [3.8, 4) is 5.75 Å². The third kappa shape index (κ3) is 2.66. The maximum absolute atomic E-state index is 6.27. The number of rotatable bonds is 2. The van der Waals surface area contributed by atoms with Crippen LogP contribution in [0.25, 0.3) is 0 Å². The van der Waals surface area contributed by atoms with E-state index in [4.69, 9.17) is 16.3 Å². The molecule has 1 fully saturated rings. The van der Waals surface area contributed by atoms with Gasteiger partial charge in [0, 0.05) is 11.8 Å². The van der Waals surface area contributed by atoms with Gasteiger partial charge in [-0.2, -0.15) is 0 Å². The maximum Gasteiger partial charge on any atom is 0.123 e. The van der Waals surface area contributed by atoms with Crippen molar-refractivity contribution in [2.75, 3.05) is 0 Å². The highest BCUT2D eigenvalue weighted by Gasteiger charge is 2.28. The molecule has 0 amide bonds. The van der Waals surface area contributed by atoms with E-state index in [1.54, 1.807) is 0 Å². The van der Waals surface area contributed by atoms with E-state index in [-0.39, 0.29) is 0 Å². The summed E-state index contributed by atoms with van der Waals surface area (Å²) in [7, 11) is 0. The summed E-state index contributed by atoms with van der Waals surface area (Å²) in [5.41, 5.74) is 2.72. The van der Waals surface area contributed by atoms with Crippen molar-refractivity contribution in [1.29, 1.82) is 0 Å². The van der Waals surface area contributed by atoms with Crippen LogP contribution in [0.5, 0.6) is 5.75 Å². The molecule has 0 radical (unpaired) electrons. The van der Waals surface area contributed by atoms with Gasteiger partial charge in [0.1, 0.15) is 11.9 Å². The Morgan fingerprint density at radius 3 is 3.06 bits per heavy atom. The Kier molecular flexibility index (Phi) is 3.52. The van der Waals surface area contributed by atoms with Crippen LogP contribution in [0.15, 0.2) is 18.2 Å². The van der Waals surface area contributed by atoms with E-state index >= 15 is 0 Å². The van der Waals surface area contributed by atoms with Gasteiger partial charge in [-0.05, 0) is 43.7 Å². The molecule has 3 atom stereocenters. The SMILES string of the molecule is Cc1ccc2c(c1)CC(CC1CCCC(Cl)C1)O2. The average molecular weight is 265 g/mol. The van der Waals surface area contributed by atoms with Gasteiger partial charge in [-0.25, -0.2) is 0 Å². The summed E-state index contributed by atoms with van der Waals surface area (Å²) in [5.74, 6) is 1.87. The number of halogens is 1. The fourth-order valence-electron chi connectivity index (χ4n) is 3.39. The van der Waals surface area contributed by atoms with Crippen LogP contribution in [0.1, 0.15) is 43.2 Å². The Morgan fingerprint density at radius 1 is 1.33 bits per heavy atom. The minimum absolute atomic E-state index is 0.383. The summed E-state index contributed by atoms with van der Waals surface area (Å²) in [6.07, 6.45) is 7.64. The fraction of sp³-hybridized carbons (Fsp3) is 0.625. The second-order valence-corrected chi connectivity index (χ2v) is 6.54. The normalized spacial score (nSPS) is 30.9. The summed E-state index contributed by atoms with van der Waals surface area (Å²) in [6, 6.07) is 6.52. The van der Waals surface area contributed by atoms with Crippen molar-refractivity contribution >= 4 is 11.6 Å². The third-order valence-electron chi connectivity index (χ3n) is 4.27. The molecular formula is C16H21ClO. The predicted molar refractivity (Wildman–Crippen MR) is 75.5 cm³/mol. The number of ether oxygens (including phenoxy) is 1. The van der Waals surface area contributed by atoms with E-state index in [1.165, 1.54) is 43.2 Å². The van der Waals surface area contributed by atoms with Crippen molar-refractivity contribution in [1.82, 2.24) is 0 Å². The van der Waals surface area contributed by atoms with E-state index in [2.05, 4.69) is 25.1 Å². The Bertz CT molecular complexity index is 429. The molecule has 1 aliphatic carbocycles. The second-order valence-electron chi connectivity index (χ2n) is 5.92. The Morgan fingerprint density at radius 2 is 2.22 bits per heavy atom. The molecule has 1 saturated carbocycles. The molecule has 1 aliphatic heterocycles. The van der Waals surface area contributed by atoms with Crippen LogP contribution in [0.3, 0.4) is 0 Å². The summed E-state index contributed by atoms with van der Waals surface area (Å²) >= 11 is 6.27. The van der Waals surface area contributed by atoms with E-state index in [0.29, 0.717) is 11.5 Å². The molecule has 0 bridgehead atoms. The van der Waals surface area contributed by atoms with Gasteiger partial charge in [0.15, 0.2) is 0 Å². The van der Waals surface area contributed by atoms with Gasteiger partial charge in [0.2, 0.25) is 0 Å². The van der Waals surface area contributed by atoms with Crippen LogP contribution in [0.4, 0.5) is 0 Å². The monoisotopic (exact) mass is 264 g/mol. The molecule has 1 aromatic rings. The van der Waals surface area contributed by atoms with E-state index in [9.17, 15) is 0 Å². The second kappa shape index (κ2) is 5.13. The zero-order chi connectivity index (χ0) is 12.5. The molecule has 18 heavy (non-hydrogen) atoms. The molecule has 1 heterocycles. The summed E-state index contributed by atoms with van der Waals surface area (Å²) < 4.78 is 6.06. The third-order valence-corrected chi connectivity index (χ3v) is 4.67. The molecule has 2 heteroatoms. The number of aryl methyl sites for hydroxylation is 1. The topological polar surface area (TPSA) is 9.23 Å². The highest BCUT2D eigenvalue weighted by atomic mass is 35.5. The van der Waals surface area contributed by atoms with Crippen LogP contribution in [-0.4, -0.2) is 11.5 Å². The first kappa shape index (κ1) is 12.3. The molecule has 0 N–H and O–H groups in total. The van der Waals surface area contributed by atoms with Crippen molar-refractivity contribution in [3.05, 3.63) is 29.3 Å². The molecule has 3 unspecified atom stereocenters. The van der Waals surface area contributed by atoms with Crippen molar-refractivity contribution in [2.45, 2.75) is 56.9 Å². The summed E-state index contributed by atoms with van der Waals surface area (Å²) in [5, 5.41) is 0.398. The minimum atomic E-state index is 0.383. The number of hydrogen-bond donors (Lipinski definition) is 0. The van der Waals surface area contributed by atoms with Crippen molar-refractivity contribution < 1.29 is 4.74 Å². The van der Waals surface area contributed by atoms with Crippen LogP contribution < -0.4 is 4.74 Å². The van der Waals surface area contributed by atoms with Crippen molar-refractivity contribution in [2.24, 2.45) is 5.92 Å². The van der Waals surface area contributed by atoms with Crippen LogP contribution >= 0.6 is 11.6 Å². The molecule has 1 nitrogen and oxygen atoms in total. The lowest BCUT2D eigenvalue weighted by Gasteiger charge is -2.27. The molecule has 1 aromatic carbocycles. The maximum atomic E-state index is 6.27. The lowest BCUT2D eigenvalue weighted by atomic mass is 9.84. The average Bonchev–Trinajstić information content (AvgIpc) is 2.70. The predicted octanol–water partition coefficient (Wildman–Crippen LogP) is 4.49. The molecule has 0 aromatic heterocycles. The van der Waals surface area contributed by atoms with Gasteiger partial charge in [-0.1, -0.05) is 30.5 Å². The fourth-order valence-corrected chi connectivity index (χ4v) is 3.80. The van der Waals surface area contributed by atoms with Gasteiger partial charge < -0.3 is 4.74 Å². The standard InChI is InChI=1S/C16H21ClO/c1-11-5-6-16-13(7-11)10-15(18-16)9-12-3-2-4-14(17)8-12/h5-7,12,14-15H,2-4,8-10H2,1H3. The van der Waals surface area contributed by atoms with Gasteiger partial charge in [0.05, 0.1) is 0 Å². The van der Waals surface area contributed by atoms with Crippen molar-refractivity contribution in [3.63, 3.8) is 0 Å². The Labute approximate surface area is 114 Å². The van der Waals surface area contributed by atoms with E-state index < -0.39 is 0 Å². The van der Waals surface area contributed by atoms with E-state index in [0.717, 1.165) is 18.1 Å². The number of benzene rings is 1. The Balaban J connectivity index is 1.60. The first-order valence-corrected chi connectivity index (χ1v) is 7.54. The minimum Gasteiger partial charge on any atom is -0.490 e. The zero-order valence-electron chi connectivity index (χ0n) is 11.0. The van der Waals surface area contributed by atoms with Gasteiger partial charge in [0.25, 0.3) is 0 Å². The summed E-state index contributed by atoms with van der Waals surface area (Å²) in [6.45, 7) is 2.15. The molecule has 3 rings (SSSR count). The van der Waals surface area contributed by atoms with Gasteiger partial charge >= 0.3 is 0 Å². The van der Waals surface area contributed by atoms with Gasteiger partial charge in [-0.15, -0.1) is 11.6 Å². The smallest absolute Gasteiger partial charge is 0.123 e. The number of fused-ring (bicyclic) bond motifs is 1. The van der Waals surface area contributed by atoms with Crippen LogP contribution in [0, 0.1) is 12.8 Å². The van der Waals surface area contributed by atoms with Crippen LogP contribution in [0.2, 0.25) is 0 Å². The lowest BCUT2D eigenvalue weighted by Crippen LogP contribution is -2.23. The molecule has 2 aliphatic rings.